The van der Waals surface area contributed by atoms with Crippen molar-refractivity contribution in [2.75, 3.05) is 24.7 Å². The van der Waals surface area contributed by atoms with Crippen molar-refractivity contribution in [2.45, 2.75) is 31.5 Å². The van der Waals surface area contributed by atoms with Gasteiger partial charge in [-0.05, 0) is 43.5 Å². The lowest BCUT2D eigenvalue weighted by Crippen LogP contribution is -2.45. The first-order chi connectivity index (χ1) is 8.83. The van der Waals surface area contributed by atoms with Gasteiger partial charge < -0.3 is 20.1 Å². The monoisotopic (exact) mass is 248 g/mol. The van der Waals surface area contributed by atoms with E-state index in [2.05, 4.69) is 17.0 Å². The Labute approximate surface area is 108 Å². The van der Waals surface area contributed by atoms with E-state index in [0.29, 0.717) is 12.7 Å². The third kappa shape index (κ3) is 2.76. The zero-order valence-corrected chi connectivity index (χ0v) is 10.5. The Morgan fingerprint density at radius 3 is 2.72 bits per heavy atom. The predicted octanol–water partition coefficient (Wildman–Crippen LogP) is 1.74. The third-order valence-electron chi connectivity index (χ3n) is 3.56. The molecule has 18 heavy (non-hydrogen) atoms. The second-order valence-corrected chi connectivity index (χ2v) is 5.02. The molecular formula is C14H20N2O2. The van der Waals surface area contributed by atoms with Crippen molar-refractivity contribution in [2.24, 2.45) is 5.73 Å². The average Bonchev–Trinajstić information content (AvgIpc) is 3.22. The molecule has 1 aromatic carbocycles. The molecule has 2 aliphatic heterocycles. The van der Waals surface area contributed by atoms with E-state index in [1.165, 1.54) is 18.5 Å². The fourth-order valence-electron chi connectivity index (χ4n) is 2.37. The first kappa shape index (κ1) is 11.8. The van der Waals surface area contributed by atoms with E-state index in [9.17, 15) is 0 Å². The van der Waals surface area contributed by atoms with E-state index in [-0.39, 0.29) is 6.17 Å². The van der Waals surface area contributed by atoms with E-state index in [4.69, 9.17) is 15.2 Å². The zero-order valence-electron chi connectivity index (χ0n) is 10.5. The molecule has 4 heteroatoms. The number of anilines is 1. The zero-order chi connectivity index (χ0) is 12.4. The van der Waals surface area contributed by atoms with Crippen LogP contribution in [0.2, 0.25) is 0 Å². The van der Waals surface area contributed by atoms with E-state index in [0.717, 1.165) is 25.3 Å². The Bertz CT molecular complexity index is 389. The van der Waals surface area contributed by atoms with Gasteiger partial charge >= 0.3 is 0 Å². The Hall–Kier alpha value is -1.26. The van der Waals surface area contributed by atoms with Crippen LogP contribution >= 0.6 is 0 Å². The number of nitrogens with zero attached hydrogens (tertiary/aromatic N) is 1. The van der Waals surface area contributed by atoms with Gasteiger partial charge in [0, 0.05) is 12.2 Å². The highest BCUT2D eigenvalue weighted by Crippen LogP contribution is 2.25. The minimum absolute atomic E-state index is 0.158. The first-order valence-electron chi connectivity index (χ1n) is 6.69. The number of rotatable bonds is 4. The van der Waals surface area contributed by atoms with Crippen molar-refractivity contribution in [1.82, 2.24) is 0 Å². The van der Waals surface area contributed by atoms with Gasteiger partial charge in [0.1, 0.15) is 18.5 Å². The molecule has 1 aromatic rings. The Kier molecular flexibility index (Phi) is 3.39. The minimum atomic E-state index is 0.158. The number of ether oxygens (including phenoxy) is 2. The predicted molar refractivity (Wildman–Crippen MR) is 70.8 cm³/mol. The molecule has 0 aromatic heterocycles. The van der Waals surface area contributed by atoms with Crippen LogP contribution in [0.1, 0.15) is 19.3 Å². The van der Waals surface area contributed by atoms with Crippen LogP contribution in [0, 0.1) is 0 Å². The van der Waals surface area contributed by atoms with Gasteiger partial charge in [-0.3, -0.25) is 0 Å². The van der Waals surface area contributed by atoms with Crippen LogP contribution in [0.15, 0.2) is 24.3 Å². The second-order valence-electron chi connectivity index (χ2n) is 5.02. The van der Waals surface area contributed by atoms with Crippen molar-refractivity contribution < 1.29 is 9.47 Å². The highest BCUT2D eigenvalue weighted by atomic mass is 16.6. The number of nitrogens with two attached hydrogens (primary N) is 1. The summed E-state index contributed by atoms with van der Waals surface area (Å²) in [6, 6.07) is 8.21. The summed E-state index contributed by atoms with van der Waals surface area (Å²) < 4.78 is 10.7. The van der Waals surface area contributed by atoms with Crippen molar-refractivity contribution >= 4 is 5.69 Å². The Balaban J connectivity index is 1.61. The third-order valence-corrected chi connectivity index (χ3v) is 3.56. The van der Waals surface area contributed by atoms with Crippen molar-refractivity contribution in [3.05, 3.63) is 24.3 Å². The Morgan fingerprint density at radius 1 is 1.28 bits per heavy atom. The van der Waals surface area contributed by atoms with E-state index < -0.39 is 0 Å². The number of epoxide rings is 1. The summed E-state index contributed by atoms with van der Waals surface area (Å²) in [4.78, 5) is 2.28. The molecule has 2 N–H and O–H groups in total. The van der Waals surface area contributed by atoms with Gasteiger partial charge in [-0.2, -0.15) is 0 Å². The largest absolute Gasteiger partial charge is 0.491 e. The SMILES string of the molecule is NC1CCCCN1c1ccc(OCC2CO2)cc1. The molecule has 2 atom stereocenters. The molecule has 2 fully saturated rings. The van der Waals surface area contributed by atoms with E-state index in [1.54, 1.807) is 0 Å². The Morgan fingerprint density at radius 2 is 2.06 bits per heavy atom. The molecule has 0 amide bonds. The summed E-state index contributed by atoms with van der Waals surface area (Å²) in [5.74, 6) is 0.903. The van der Waals surface area contributed by atoms with Crippen LogP contribution in [0.4, 0.5) is 5.69 Å². The summed E-state index contributed by atoms with van der Waals surface area (Å²) in [7, 11) is 0. The van der Waals surface area contributed by atoms with Gasteiger partial charge in [-0.15, -0.1) is 0 Å². The molecule has 0 bridgehead atoms. The summed E-state index contributed by atoms with van der Waals surface area (Å²) in [5, 5.41) is 0. The van der Waals surface area contributed by atoms with E-state index >= 15 is 0 Å². The van der Waals surface area contributed by atoms with Gasteiger partial charge in [0.05, 0.1) is 12.8 Å². The number of piperidine rings is 1. The lowest BCUT2D eigenvalue weighted by atomic mass is 10.1. The van der Waals surface area contributed by atoms with Gasteiger partial charge in [-0.1, -0.05) is 0 Å². The standard InChI is InChI=1S/C14H20N2O2/c15-14-3-1-2-8-16(14)11-4-6-12(7-5-11)17-9-13-10-18-13/h4-7,13-14H,1-3,8-10,15H2. The summed E-state index contributed by atoms with van der Waals surface area (Å²) in [5.41, 5.74) is 7.33. The normalized spacial score (nSPS) is 27.1. The molecule has 4 nitrogen and oxygen atoms in total. The quantitative estimate of drug-likeness (QED) is 0.825. The van der Waals surface area contributed by atoms with Crippen molar-refractivity contribution in [3.63, 3.8) is 0 Å². The number of hydrogen-bond donors (Lipinski definition) is 1. The van der Waals surface area contributed by atoms with Gasteiger partial charge in [0.25, 0.3) is 0 Å². The highest BCUT2D eigenvalue weighted by molar-refractivity contribution is 5.50. The van der Waals surface area contributed by atoms with Crippen LogP contribution < -0.4 is 15.4 Å². The van der Waals surface area contributed by atoms with Gasteiger partial charge in [0.2, 0.25) is 0 Å². The molecule has 0 saturated carbocycles. The lowest BCUT2D eigenvalue weighted by Gasteiger charge is -2.35. The number of hydrogen-bond acceptors (Lipinski definition) is 4. The smallest absolute Gasteiger partial charge is 0.119 e. The molecule has 2 heterocycles. The van der Waals surface area contributed by atoms with Crippen molar-refractivity contribution in [3.8, 4) is 5.75 Å². The molecule has 2 aliphatic rings. The lowest BCUT2D eigenvalue weighted by molar-refractivity contribution is 0.263. The summed E-state index contributed by atoms with van der Waals surface area (Å²) >= 11 is 0. The minimum Gasteiger partial charge on any atom is -0.491 e. The van der Waals surface area contributed by atoms with Gasteiger partial charge in [0.15, 0.2) is 0 Å². The topological polar surface area (TPSA) is 51.0 Å². The second kappa shape index (κ2) is 5.16. The molecule has 0 aliphatic carbocycles. The van der Waals surface area contributed by atoms with Crippen LogP contribution in [0.3, 0.4) is 0 Å². The van der Waals surface area contributed by atoms with Crippen LogP contribution in [-0.4, -0.2) is 32.0 Å². The molecular weight excluding hydrogens is 228 g/mol. The van der Waals surface area contributed by atoms with Crippen LogP contribution in [0.5, 0.6) is 5.75 Å². The average molecular weight is 248 g/mol. The highest BCUT2D eigenvalue weighted by Gasteiger charge is 2.23. The van der Waals surface area contributed by atoms with Crippen LogP contribution in [0.25, 0.3) is 0 Å². The summed E-state index contributed by atoms with van der Waals surface area (Å²) in [6.07, 6.45) is 4.01. The van der Waals surface area contributed by atoms with E-state index in [1.807, 2.05) is 12.1 Å². The number of benzene rings is 1. The molecule has 2 unspecified atom stereocenters. The molecule has 0 radical (unpaired) electrons. The van der Waals surface area contributed by atoms with Gasteiger partial charge in [-0.25, -0.2) is 0 Å². The van der Waals surface area contributed by atoms with Crippen LogP contribution in [-0.2, 0) is 4.74 Å². The summed E-state index contributed by atoms with van der Waals surface area (Å²) in [6.45, 7) is 2.54. The van der Waals surface area contributed by atoms with Crippen molar-refractivity contribution in [1.29, 1.82) is 0 Å². The molecule has 0 spiro atoms. The molecule has 98 valence electrons. The molecule has 2 saturated heterocycles. The fourth-order valence-corrected chi connectivity index (χ4v) is 2.37. The molecule has 3 rings (SSSR count). The maximum Gasteiger partial charge on any atom is 0.119 e. The maximum atomic E-state index is 6.13. The maximum absolute atomic E-state index is 6.13. The fraction of sp³-hybridized carbons (Fsp3) is 0.571. The first-order valence-corrected chi connectivity index (χ1v) is 6.69.